The molecule has 0 aliphatic heterocycles. The molecule has 194 valence electrons. The molecule has 4 aromatic rings. The number of nitrogens with one attached hydrogen (secondary N) is 3. The number of ether oxygens (including phenoxy) is 1. The van der Waals surface area contributed by atoms with Gasteiger partial charge in [-0.25, -0.2) is 14.6 Å². The summed E-state index contributed by atoms with van der Waals surface area (Å²) in [5.41, 5.74) is 2.62. The van der Waals surface area contributed by atoms with Crippen LogP contribution in [0.3, 0.4) is 0 Å². The van der Waals surface area contributed by atoms with Gasteiger partial charge in [-0.15, -0.1) is 0 Å². The Morgan fingerprint density at radius 3 is 2.46 bits per heavy atom. The fourth-order valence-corrected chi connectivity index (χ4v) is 2.85. The lowest BCUT2D eigenvalue weighted by Gasteiger charge is -2.11. The van der Waals surface area contributed by atoms with Crippen LogP contribution in [0, 0.1) is 17.0 Å². The van der Waals surface area contributed by atoms with Crippen LogP contribution >= 0.6 is 0 Å². The quantitative estimate of drug-likeness (QED) is 0.209. The first-order valence-corrected chi connectivity index (χ1v) is 10.0. The number of anilines is 4. The van der Waals surface area contributed by atoms with Gasteiger partial charge in [0.2, 0.25) is 11.8 Å². The van der Waals surface area contributed by atoms with Crippen molar-refractivity contribution in [3.8, 4) is 5.75 Å². The van der Waals surface area contributed by atoms with E-state index in [2.05, 4.69) is 25.6 Å². The van der Waals surface area contributed by atoms with E-state index in [0.29, 0.717) is 28.2 Å². The Balaban J connectivity index is 0.000000479. The van der Waals surface area contributed by atoms with E-state index in [0.717, 1.165) is 11.8 Å². The molecule has 0 spiro atoms. The zero-order valence-corrected chi connectivity index (χ0v) is 18.9. The summed E-state index contributed by atoms with van der Waals surface area (Å²) in [6.07, 6.45) is -3.97. The largest absolute Gasteiger partial charge is 0.496 e. The number of aliphatic carboxylic acids is 1. The summed E-state index contributed by atoms with van der Waals surface area (Å²) in [5, 5.41) is 24.4. The lowest BCUT2D eigenvalue weighted by molar-refractivity contribution is -0.384. The second kappa shape index (κ2) is 10.6. The molecule has 0 bridgehead atoms. The SMILES string of the molecule is COc1cc(Nc2ncc([N+](=O)[O-])c(Nc3ccc4oc(=O)[nH]c4c3)n2)ccc1C.O=C(O)C(F)(F)F. The number of methoxy groups -OCH3 is 1. The van der Waals surface area contributed by atoms with Crippen molar-refractivity contribution in [2.75, 3.05) is 17.7 Å². The first-order chi connectivity index (χ1) is 17.4. The molecule has 0 atom stereocenters. The Labute approximate surface area is 204 Å². The number of aryl methyl sites for hydroxylation is 1. The van der Waals surface area contributed by atoms with Crippen molar-refractivity contribution < 1.29 is 37.1 Å². The fraction of sp³-hybridized carbons (Fsp3) is 0.143. The number of oxazole rings is 1. The van der Waals surface area contributed by atoms with Crippen LogP contribution < -0.4 is 21.1 Å². The number of nitro groups is 1. The molecule has 2 heterocycles. The van der Waals surface area contributed by atoms with Gasteiger partial charge in [0, 0.05) is 17.4 Å². The highest BCUT2D eigenvalue weighted by atomic mass is 19.4. The number of nitrogens with zero attached hydrogens (tertiary/aromatic N) is 3. The summed E-state index contributed by atoms with van der Waals surface area (Å²) in [6, 6.07) is 10.2. The topological polar surface area (TPSA) is 186 Å². The van der Waals surface area contributed by atoms with Gasteiger partial charge in [0.1, 0.15) is 11.9 Å². The monoisotopic (exact) mass is 522 g/mol. The minimum Gasteiger partial charge on any atom is -0.496 e. The highest BCUT2D eigenvalue weighted by Crippen LogP contribution is 2.29. The summed E-state index contributed by atoms with van der Waals surface area (Å²) in [6.45, 7) is 1.91. The van der Waals surface area contributed by atoms with E-state index < -0.39 is 22.8 Å². The van der Waals surface area contributed by atoms with Gasteiger partial charge in [0.15, 0.2) is 5.58 Å². The van der Waals surface area contributed by atoms with Crippen LogP contribution in [-0.2, 0) is 4.79 Å². The molecule has 0 unspecified atom stereocenters. The Bertz CT molecular complexity index is 1520. The Morgan fingerprint density at radius 1 is 1.19 bits per heavy atom. The van der Waals surface area contributed by atoms with E-state index in [4.69, 9.17) is 19.1 Å². The normalized spacial score (nSPS) is 10.8. The molecule has 13 nitrogen and oxygen atoms in total. The van der Waals surface area contributed by atoms with Crippen molar-refractivity contribution in [3.63, 3.8) is 0 Å². The lowest BCUT2D eigenvalue weighted by Crippen LogP contribution is -2.21. The second-order valence-electron chi connectivity index (χ2n) is 7.15. The molecular formula is C21H17F3N6O7. The average molecular weight is 522 g/mol. The number of aromatic nitrogens is 3. The zero-order valence-electron chi connectivity index (χ0n) is 18.9. The minimum atomic E-state index is -5.08. The molecule has 2 aromatic carbocycles. The molecule has 4 N–H and O–H groups in total. The first kappa shape index (κ1) is 26.5. The Morgan fingerprint density at radius 2 is 1.84 bits per heavy atom. The first-order valence-electron chi connectivity index (χ1n) is 10.0. The maximum atomic E-state index is 11.4. The highest BCUT2D eigenvalue weighted by molar-refractivity contribution is 5.79. The van der Waals surface area contributed by atoms with Crippen molar-refractivity contribution >= 4 is 45.9 Å². The van der Waals surface area contributed by atoms with Gasteiger partial charge in [-0.1, -0.05) is 6.07 Å². The van der Waals surface area contributed by atoms with Gasteiger partial charge >= 0.3 is 23.6 Å². The Hall–Kier alpha value is -5.15. The maximum absolute atomic E-state index is 11.4. The van der Waals surface area contributed by atoms with Gasteiger partial charge in [0.25, 0.3) is 0 Å². The summed E-state index contributed by atoms with van der Waals surface area (Å²) < 4.78 is 42.0. The molecule has 0 aliphatic carbocycles. The number of aromatic amines is 1. The van der Waals surface area contributed by atoms with E-state index >= 15 is 0 Å². The van der Waals surface area contributed by atoms with Crippen molar-refractivity contribution in [1.82, 2.24) is 15.0 Å². The van der Waals surface area contributed by atoms with Crippen LogP contribution in [0.25, 0.3) is 11.1 Å². The van der Waals surface area contributed by atoms with Crippen molar-refractivity contribution in [2.24, 2.45) is 0 Å². The third-order valence-electron chi connectivity index (χ3n) is 4.55. The number of hydrogen-bond donors (Lipinski definition) is 4. The summed E-state index contributed by atoms with van der Waals surface area (Å²) in [7, 11) is 1.57. The van der Waals surface area contributed by atoms with Gasteiger partial charge < -0.3 is 24.9 Å². The fourth-order valence-electron chi connectivity index (χ4n) is 2.85. The number of carboxylic acids is 1. The third-order valence-corrected chi connectivity index (χ3v) is 4.55. The molecule has 0 saturated heterocycles. The predicted molar refractivity (Wildman–Crippen MR) is 124 cm³/mol. The average Bonchev–Trinajstić information content (AvgIpc) is 3.19. The maximum Gasteiger partial charge on any atom is 0.490 e. The number of halogens is 3. The summed E-state index contributed by atoms with van der Waals surface area (Å²) in [4.78, 5) is 41.8. The molecule has 0 aliphatic rings. The van der Waals surface area contributed by atoms with Crippen LogP contribution in [0.1, 0.15) is 5.56 Å². The standard InChI is InChI=1S/C19H16N6O5.C2HF3O2/c1-10-3-4-12(8-16(10)29-2)22-18-20-9-14(25(27)28)17(24-18)21-11-5-6-15-13(7-11)23-19(26)30-15;3-2(4,5)1(6)7/h3-9H,1-2H3,(H,23,26)(H2,20,21,22,24);(H,6,7). The van der Waals surface area contributed by atoms with Crippen LogP contribution in [0.15, 0.2) is 51.8 Å². The van der Waals surface area contributed by atoms with Crippen molar-refractivity contribution in [2.45, 2.75) is 13.1 Å². The molecule has 16 heteroatoms. The predicted octanol–water partition coefficient (Wildman–Crippen LogP) is 4.26. The number of fused-ring (bicyclic) bond motifs is 1. The van der Waals surface area contributed by atoms with Crippen LogP contribution in [0.4, 0.5) is 42.0 Å². The second-order valence-corrected chi connectivity index (χ2v) is 7.15. The number of hydrogen-bond acceptors (Lipinski definition) is 10. The van der Waals surface area contributed by atoms with Crippen LogP contribution in [0.5, 0.6) is 5.75 Å². The van der Waals surface area contributed by atoms with Gasteiger partial charge in [0.05, 0.1) is 17.5 Å². The third kappa shape index (κ3) is 6.71. The van der Waals surface area contributed by atoms with E-state index in [1.54, 1.807) is 31.4 Å². The summed E-state index contributed by atoms with van der Waals surface area (Å²) in [5.74, 6) is -2.51. The van der Waals surface area contributed by atoms with E-state index in [9.17, 15) is 28.1 Å². The summed E-state index contributed by atoms with van der Waals surface area (Å²) >= 11 is 0. The highest BCUT2D eigenvalue weighted by Gasteiger charge is 2.38. The molecule has 4 rings (SSSR count). The molecular weight excluding hydrogens is 505 g/mol. The molecule has 37 heavy (non-hydrogen) atoms. The molecule has 0 radical (unpaired) electrons. The molecule has 0 saturated carbocycles. The van der Waals surface area contributed by atoms with Gasteiger partial charge in [-0.2, -0.15) is 18.2 Å². The van der Waals surface area contributed by atoms with Crippen LogP contribution in [-0.4, -0.2) is 44.2 Å². The number of carboxylic acid groups (broad SMARTS) is 1. The Kier molecular flexibility index (Phi) is 7.60. The van der Waals surface area contributed by atoms with Crippen LogP contribution in [0.2, 0.25) is 0 Å². The smallest absolute Gasteiger partial charge is 0.490 e. The minimum absolute atomic E-state index is 0.0123. The zero-order chi connectivity index (χ0) is 27.3. The van der Waals surface area contributed by atoms with Gasteiger partial charge in [-0.05, 0) is 36.8 Å². The van der Waals surface area contributed by atoms with E-state index in [1.807, 2.05) is 19.1 Å². The number of alkyl halides is 3. The molecule has 0 amide bonds. The number of benzene rings is 2. The number of H-pyrrole nitrogens is 1. The molecule has 0 fully saturated rings. The number of rotatable bonds is 6. The van der Waals surface area contributed by atoms with Gasteiger partial charge in [-0.3, -0.25) is 15.1 Å². The van der Waals surface area contributed by atoms with E-state index in [-0.39, 0.29) is 17.5 Å². The van der Waals surface area contributed by atoms with Crippen molar-refractivity contribution in [3.05, 3.63) is 68.8 Å². The number of carbonyl (C=O) groups is 1. The van der Waals surface area contributed by atoms with E-state index in [1.165, 1.54) is 0 Å². The van der Waals surface area contributed by atoms with Crippen molar-refractivity contribution in [1.29, 1.82) is 0 Å². The molecule has 2 aromatic heterocycles. The lowest BCUT2D eigenvalue weighted by atomic mass is 10.2.